The molecule has 10 heteroatoms. The number of rotatable bonds is 6. The molecule has 3 heterocycles. The number of aliphatic imine (C=N–C) groups is 1. The number of carbonyl (C=O) groups excluding carboxylic acids is 2. The van der Waals surface area contributed by atoms with Gasteiger partial charge in [0.05, 0.1) is 19.9 Å². The first kappa shape index (κ1) is 27.0. The van der Waals surface area contributed by atoms with Crippen LogP contribution in [0.25, 0.3) is 22.3 Å². The largest absolute Gasteiger partial charge is 0.453 e. The second-order valence-corrected chi connectivity index (χ2v) is 11.2. The van der Waals surface area contributed by atoms with Gasteiger partial charge in [0.1, 0.15) is 18.7 Å². The van der Waals surface area contributed by atoms with Crippen LogP contribution in [0, 0.1) is 11.8 Å². The van der Waals surface area contributed by atoms with Crippen LogP contribution in [-0.4, -0.2) is 93.6 Å². The standard InChI is InChI=1S/C31H36N6O4/c1-34-18-27(15-33-34)24-5-3-22(4-6-24)23-7-9-25(10-8-23)29-32-20-36(31(40)41-2)19-28(38)37(29)17-21-13-14-35(16-21)30(39)26-11-12-26/h3-10,15,18,21,26,28,38H,11-14,16-17,19-20H2,1-2H3. The quantitative estimate of drug-likeness (QED) is 0.499. The number of carbonyl (C=O) groups is 2. The lowest BCUT2D eigenvalue weighted by molar-refractivity contribution is -0.131. The van der Waals surface area contributed by atoms with Gasteiger partial charge in [-0.3, -0.25) is 14.4 Å². The van der Waals surface area contributed by atoms with Crippen molar-refractivity contribution in [3.63, 3.8) is 0 Å². The SMILES string of the molecule is COC(=O)N1CN=C(c2ccc(-c3ccc(-c4cnn(C)c4)cc3)cc2)N(CC2CCN(C(=O)C3CC3)C2)C(O)C1. The third-order valence-corrected chi connectivity index (χ3v) is 8.22. The topological polar surface area (TPSA) is 104 Å². The van der Waals surface area contributed by atoms with Crippen LogP contribution in [0.2, 0.25) is 0 Å². The van der Waals surface area contributed by atoms with Crippen LogP contribution in [0.1, 0.15) is 24.8 Å². The highest BCUT2D eigenvalue weighted by molar-refractivity contribution is 5.99. The lowest BCUT2D eigenvalue weighted by Gasteiger charge is -2.32. The number of nitrogens with zero attached hydrogens (tertiary/aromatic N) is 6. The second-order valence-electron chi connectivity index (χ2n) is 11.2. The minimum absolute atomic E-state index is 0.0818. The number of hydrogen-bond acceptors (Lipinski definition) is 7. The molecule has 0 bridgehead atoms. The first-order chi connectivity index (χ1) is 19.9. The number of amides is 2. The van der Waals surface area contributed by atoms with Crippen molar-refractivity contribution in [2.24, 2.45) is 23.9 Å². The van der Waals surface area contributed by atoms with E-state index in [9.17, 15) is 14.7 Å². The number of ether oxygens (including phenoxy) is 1. The molecule has 2 fully saturated rings. The molecule has 6 rings (SSSR count). The Morgan fingerprint density at radius 1 is 0.902 bits per heavy atom. The van der Waals surface area contributed by atoms with Gasteiger partial charge < -0.3 is 19.6 Å². The van der Waals surface area contributed by atoms with Gasteiger partial charge in [-0.1, -0.05) is 48.5 Å². The average molecular weight is 557 g/mol. The van der Waals surface area contributed by atoms with E-state index >= 15 is 0 Å². The molecule has 2 amide bonds. The Kier molecular flexibility index (Phi) is 7.49. The summed E-state index contributed by atoms with van der Waals surface area (Å²) < 4.78 is 6.70. The summed E-state index contributed by atoms with van der Waals surface area (Å²) in [6.45, 7) is 2.14. The highest BCUT2D eigenvalue weighted by Gasteiger charge is 2.38. The zero-order valence-corrected chi connectivity index (χ0v) is 23.5. The number of likely N-dealkylation sites (tertiary alicyclic amines) is 1. The first-order valence-electron chi connectivity index (χ1n) is 14.2. The smallest absolute Gasteiger partial charge is 0.411 e. The predicted molar refractivity (Wildman–Crippen MR) is 155 cm³/mol. The van der Waals surface area contributed by atoms with E-state index in [2.05, 4.69) is 41.5 Å². The maximum absolute atomic E-state index is 12.6. The third kappa shape index (κ3) is 5.83. The number of aliphatic hydroxyl groups excluding tert-OH is 1. The average Bonchev–Trinajstić information content (AvgIpc) is 3.63. The molecular weight excluding hydrogens is 520 g/mol. The number of benzene rings is 2. The number of amidine groups is 1. The van der Waals surface area contributed by atoms with Crippen molar-refractivity contribution in [2.75, 3.05) is 40.0 Å². The van der Waals surface area contributed by atoms with Gasteiger partial charge in [-0.2, -0.15) is 5.10 Å². The molecule has 1 aliphatic carbocycles. The summed E-state index contributed by atoms with van der Waals surface area (Å²) >= 11 is 0. The zero-order chi connectivity index (χ0) is 28.5. The number of methoxy groups -OCH3 is 1. The molecular formula is C31H36N6O4. The summed E-state index contributed by atoms with van der Waals surface area (Å²) in [7, 11) is 3.23. The van der Waals surface area contributed by atoms with Crippen LogP contribution in [0.5, 0.6) is 0 Å². The van der Waals surface area contributed by atoms with Crippen LogP contribution in [0.3, 0.4) is 0 Å². The van der Waals surface area contributed by atoms with Crippen LogP contribution < -0.4 is 0 Å². The van der Waals surface area contributed by atoms with Crippen molar-refractivity contribution in [3.05, 3.63) is 66.5 Å². The van der Waals surface area contributed by atoms with E-state index in [1.54, 1.807) is 4.68 Å². The Bertz CT molecular complexity index is 1430. The fourth-order valence-corrected chi connectivity index (χ4v) is 5.75. The lowest BCUT2D eigenvalue weighted by Crippen LogP contribution is -2.48. The molecule has 10 nitrogen and oxygen atoms in total. The van der Waals surface area contributed by atoms with E-state index in [4.69, 9.17) is 9.73 Å². The molecule has 0 spiro atoms. The Morgan fingerprint density at radius 2 is 1.54 bits per heavy atom. The van der Waals surface area contributed by atoms with Gasteiger partial charge >= 0.3 is 6.09 Å². The molecule has 2 unspecified atom stereocenters. The fraction of sp³-hybridized carbons (Fsp3) is 0.419. The van der Waals surface area contributed by atoms with Gasteiger partial charge in [-0.25, -0.2) is 9.79 Å². The summed E-state index contributed by atoms with van der Waals surface area (Å²) in [5.41, 5.74) is 5.19. The van der Waals surface area contributed by atoms with Gasteiger partial charge in [0, 0.05) is 49.9 Å². The number of aromatic nitrogens is 2. The van der Waals surface area contributed by atoms with E-state index in [1.165, 1.54) is 12.0 Å². The molecule has 3 aliphatic rings. The zero-order valence-electron chi connectivity index (χ0n) is 23.5. The van der Waals surface area contributed by atoms with Crippen LogP contribution in [0.15, 0.2) is 65.9 Å². The summed E-state index contributed by atoms with van der Waals surface area (Å²) in [6, 6.07) is 16.5. The predicted octanol–water partition coefficient (Wildman–Crippen LogP) is 3.42. The van der Waals surface area contributed by atoms with E-state index in [-0.39, 0.29) is 31.0 Å². The number of β-amino-alcohol motifs (C(OH)–C–C–N with tert-alkyl or cyclic N) is 1. The Balaban J connectivity index is 1.22. The summed E-state index contributed by atoms with van der Waals surface area (Å²) in [4.78, 5) is 35.0. The Labute approximate surface area is 239 Å². The molecule has 2 aromatic carbocycles. The maximum Gasteiger partial charge on any atom is 0.411 e. The lowest BCUT2D eigenvalue weighted by atomic mass is 10.00. The second kappa shape index (κ2) is 11.4. The third-order valence-electron chi connectivity index (χ3n) is 8.22. The minimum atomic E-state index is -0.955. The van der Waals surface area contributed by atoms with E-state index < -0.39 is 12.3 Å². The Morgan fingerprint density at radius 3 is 2.12 bits per heavy atom. The molecule has 214 valence electrons. The number of hydrogen-bond donors (Lipinski definition) is 1. The molecule has 2 aliphatic heterocycles. The maximum atomic E-state index is 12.6. The van der Waals surface area contributed by atoms with E-state index in [0.29, 0.717) is 18.9 Å². The number of aryl methyl sites for hydroxylation is 1. The molecule has 1 N–H and O–H groups in total. The van der Waals surface area contributed by atoms with Gasteiger partial charge in [-0.05, 0) is 41.9 Å². The van der Waals surface area contributed by atoms with Crippen molar-refractivity contribution in [1.82, 2.24) is 24.5 Å². The summed E-state index contributed by atoms with van der Waals surface area (Å²) in [5, 5.41) is 15.5. The Hall–Kier alpha value is -4.18. The van der Waals surface area contributed by atoms with Crippen molar-refractivity contribution in [1.29, 1.82) is 0 Å². The van der Waals surface area contributed by atoms with Gasteiger partial charge in [-0.15, -0.1) is 0 Å². The van der Waals surface area contributed by atoms with E-state index in [0.717, 1.165) is 53.6 Å². The highest BCUT2D eigenvalue weighted by atomic mass is 16.5. The molecule has 1 saturated heterocycles. The van der Waals surface area contributed by atoms with Crippen molar-refractivity contribution in [3.8, 4) is 22.3 Å². The van der Waals surface area contributed by atoms with Crippen molar-refractivity contribution < 1.29 is 19.4 Å². The molecule has 0 radical (unpaired) electrons. The molecule has 2 atom stereocenters. The summed E-state index contributed by atoms with van der Waals surface area (Å²) in [5.74, 6) is 1.31. The molecule has 3 aromatic rings. The first-order valence-corrected chi connectivity index (χ1v) is 14.2. The highest BCUT2D eigenvalue weighted by Crippen LogP contribution is 2.33. The fourth-order valence-electron chi connectivity index (χ4n) is 5.75. The minimum Gasteiger partial charge on any atom is -0.453 e. The van der Waals surface area contributed by atoms with Crippen molar-refractivity contribution in [2.45, 2.75) is 25.5 Å². The molecule has 41 heavy (non-hydrogen) atoms. The normalized spacial score (nSPS) is 21.0. The van der Waals surface area contributed by atoms with Gasteiger partial charge in [0.25, 0.3) is 0 Å². The van der Waals surface area contributed by atoms with Crippen LogP contribution in [-0.2, 0) is 16.6 Å². The van der Waals surface area contributed by atoms with Crippen LogP contribution in [0.4, 0.5) is 4.79 Å². The summed E-state index contributed by atoms with van der Waals surface area (Å²) in [6.07, 6.45) is 5.23. The molecule has 1 aromatic heterocycles. The van der Waals surface area contributed by atoms with Gasteiger partial charge in [0.2, 0.25) is 5.91 Å². The van der Waals surface area contributed by atoms with Gasteiger partial charge in [0.15, 0.2) is 0 Å². The van der Waals surface area contributed by atoms with Crippen molar-refractivity contribution >= 4 is 17.8 Å². The molecule has 1 saturated carbocycles. The van der Waals surface area contributed by atoms with E-state index in [1.807, 2.05) is 41.4 Å². The number of aliphatic hydroxyl groups is 1. The monoisotopic (exact) mass is 556 g/mol. The van der Waals surface area contributed by atoms with Crippen LogP contribution >= 0.6 is 0 Å².